The van der Waals surface area contributed by atoms with Crippen LogP contribution in [0.15, 0.2) is 48.7 Å². The number of benzene rings is 2. The zero-order valence-corrected chi connectivity index (χ0v) is 21.5. The number of sulfone groups is 1. The van der Waals surface area contributed by atoms with Gasteiger partial charge in [0.05, 0.1) is 25.6 Å². The lowest BCUT2D eigenvalue weighted by atomic mass is 9.95. The molecule has 2 aromatic carbocycles. The number of pyridine rings is 1. The molecule has 1 fully saturated rings. The number of hydrogen-bond donors (Lipinski definition) is 0. The summed E-state index contributed by atoms with van der Waals surface area (Å²) in [7, 11) is -2.97. The van der Waals surface area contributed by atoms with Crippen LogP contribution in [0.5, 0.6) is 5.88 Å². The molecule has 0 radical (unpaired) electrons. The Balaban J connectivity index is 1.21. The van der Waals surface area contributed by atoms with Crippen molar-refractivity contribution >= 4 is 9.84 Å². The fraction of sp³-hybridized carbons (Fsp3) is 0.414. The van der Waals surface area contributed by atoms with Crippen molar-refractivity contribution in [2.75, 3.05) is 18.6 Å². The molecule has 1 heterocycles. The van der Waals surface area contributed by atoms with Gasteiger partial charge in [-0.25, -0.2) is 13.4 Å². The van der Waals surface area contributed by atoms with Gasteiger partial charge in [-0.2, -0.15) is 0 Å². The molecule has 0 saturated heterocycles. The summed E-state index contributed by atoms with van der Waals surface area (Å²) in [5.41, 5.74) is 9.97. The first-order valence-corrected chi connectivity index (χ1v) is 14.4. The number of fused-ring (bicyclic) bond motifs is 3. The highest BCUT2D eigenvalue weighted by molar-refractivity contribution is 7.90. The Labute approximate surface area is 208 Å². The largest absolute Gasteiger partial charge is 0.478 e. The molecule has 3 aromatic rings. The van der Waals surface area contributed by atoms with E-state index in [1.54, 1.807) is 5.56 Å². The second-order valence-electron chi connectivity index (χ2n) is 10.1. The molecule has 2 atom stereocenters. The molecule has 2 unspecified atom stereocenters. The summed E-state index contributed by atoms with van der Waals surface area (Å²) in [6.45, 7) is 5.69. The fourth-order valence-electron chi connectivity index (χ4n) is 5.22. The van der Waals surface area contributed by atoms with Crippen LogP contribution in [-0.4, -0.2) is 32.0 Å². The summed E-state index contributed by atoms with van der Waals surface area (Å²) in [5, 5.41) is 0. The summed E-state index contributed by atoms with van der Waals surface area (Å²) in [6, 6.07) is 15.1. The maximum Gasteiger partial charge on any atom is 0.213 e. The van der Waals surface area contributed by atoms with Crippen molar-refractivity contribution < 1.29 is 17.9 Å². The van der Waals surface area contributed by atoms with Gasteiger partial charge in [-0.1, -0.05) is 36.4 Å². The van der Waals surface area contributed by atoms with E-state index in [4.69, 9.17) is 9.47 Å². The van der Waals surface area contributed by atoms with Crippen LogP contribution >= 0.6 is 0 Å². The van der Waals surface area contributed by atoms with Gasteiger partial charge in [0.2, 0.25) is 5.88 Å². The summed E-state index contributed by atoms with van der Waals surface area (Å²) in [6.07, 6.45) is 6.15. The van der Waals surface area contributed by atoms with Crippen molar-refractivity contribution in [1.29, 1.82) is 0 Å². The molecule has 1 aromatic heterocycles. The summed E-state index contributed by atoms with van der Waals surface area (Å²) in [4.78, 5) is 4.46. The van der Waals surface area contributed by atoms with Gasteiger partial charge in [0, 0.05) is 24.1 Å². The number of aryl methyl sites for hydroxylation is 1. The van der Waals surface area contributed by atoms with Gasteiger partial charge in [-0.3, -0.25) is 0 Å². The van der Waals surface area contributed by atoms with E-state index in [0.29, 0.717) is 32.1 Å². The number of ether oxygens (including phenoxy) is 2. The second-order valence-corrected chi connectivity index (χ2v) is 12.4. The van der Waals surface area contributed by atoms with Crippen LogP contribution in [0.1, 0.15) is 52.1 Å². The van der Waals surface area contributed by atoms with Gasteiger partial charge >= 0.3 is 0 Å². The maximum absolute atomic E-state index is 11.3. The third-order valence-electron chi connectivity index (χ3n) is 7.27. The van der Waals surface area contributed by atoms with Crippen molar-refractivity contribution in [3.63, 3.8) is 0 Å². The average Bonchev–Trinajstić information content (AvgIpc) is 3.48. The Bertz CT molecular complexity index is 1350. The number of aromatic nitrogens is 1. The average molecular weight is 492 g/mol. The van der Waals surface area contributed by atoms with Gasteiger partial charge in [0.1, 0.15) is 9.84 Å². The van der Waals surface area contributed by atoms with E-state index in [1.165, 1.54) is 41.4 Å². The van der Waals surface area contributed by atoms with Crippen molar-refractivity contribution in [2.45, 2.75) is 52.2 Å². The van der Waals surface area contributed by atoms with Gasteiger partial charge < -0.3 is 9.47 Å². The highest BCUT2D eigenvalue weighted by Gasteiger charge is 2.44. The lowest BCUT2D eigenvalue weighted by molar-refractivity contribution is 0.107. The molecule has 0 aliphatic heterocycles. The smallest absolute Gasteiger partial charge is 0.213 e. The minimum absolute atomic E-state index is 0.117. The van der Waals surface area contributed by atoms with E-state index in [-0.39, 0.29) is 5.75 Å². The Hall–Kier alpha value is -2.70. The molecule has 5 nitrogen and oxygen atoms in total. The van der Waals surface area contributed by atoms with Gasteiger partial charge in [-0.15, -0.1) is 0 Å². The number of rotatable bonds is 10. The predicted octanol–water partition coefficient (Wildman–Crippen LogP) is 5.56. The highest BCUT2D eigenvalue weighted by Crippen LogP contribution is 2.56. The molecule has 0 spiro atoms. The van der Waals surface area contributed by atoms with Gasteiger partial charge in [0.25, 0.3) is 0 Å². The minimum Gasteiger partial charge on any atom is -0.478 e. The Kier molecular flexibility index (Phi) is 6.69. The van der Waals surface area contributed by atoms with E-state index in [1.807, 2.05) is 19.2 Å². The first-order chi connectivity index (χ1) is 16.8. The molecule has 184 valence electrons. The standard InChI is InChI=1S/C29H33NO4S/c1-19-12-29(34-10-5-11-35(3,31)32)30-16-28(19)25-7-4-6-22(20(25)2)18-33-17-21-8-9-26-23(13-21)14-24-15-27(24)26/h4,6-9,12-13,16,24,27H,5,10-11,14-15,17-18H2,1-3H3. The third kappa shape index (κ3) is 5.60. The maximum atomic E-state index is 11.3. The Morgan fingerprint density at radius 1 is 1.06 bits per heavy atom. The molecule has 5 rings (SSSR count). The van der Waals surface area contributed by atoms with Crippen molar-refractivity contribution in [1.82, 2.24) is 4.98 Å². The van der Waals surface area contributed by atoms with E-state index < -0.39 is 9.84 Å². The molecule has 1 saturated carbocycles. The van der Waals surface area contributed by atoms with Gasteiger partial charge in [-0.05, 0) is 83.9 Å². The molecular weight excluding hydrogens is 458 g/mol. The Morgan fingerprint density at radius 2 is 1.91 bits per heavy atom. The summed E-state index contributed by atoms with van der Waals surface area (Å²) in [5.74, 6) is 2.38. The minimum atomic E-state index is -2.97. The molecule has 0 amide bonds. The van der Waals surface area contributed by atoms with Crippen LogP contribution in [0.2, 0.25) is 0 Å². The first-order valence-electron chi connectivity index (χ1n) is 12.3. The summed E-state index contributed by atoms with van der Waals surface area (Å²) < 4.78 is 34.3. The highest BCUT2D eigenvalue weighted by atomic mass is 32.2. The predicted molar refractivity (Wildman–Crippen MR) is 138 cm³/mol. The molecule has 0 N–H and O–H groups in total. The van der Waals surface area contributed by atoms with Crippen molar-refractivity contribution in [3.8, 4) is 17.0 Å². The lowest BCUT2D eigenvalue weighted by Crippen LogP contribution is -2.08. The van der Waals surface area contributed by atoms with Crippen LogP contribution in [0.4, 0.5) is 0 Å². The molecule has 35 heavy (non-hydrogen) atoms. The fourth-order valence-corrected chi connectivity index (χ4v) is 5.87. The number of nitrogens with zero attached hydrogens (tertiary/aromatic N) is 1. The van der Waals surface area contributed by atoms with Crippen LogP contribution in [0, 0.1) is 19.8 Å². The SMILES string of the molecule is Cc1cc(OCCCS(C)(=O)=O)ncc1-c1cccc(COCc2ccc3c(c2)CC2CC32)c1C. The Morgan fingerprint density at radius 3 is 2.71 bits per heavy atom. The van der Waals surface area contributed by atoms with Crippen LogP contribution < -0.4 is 4.74 Å². The lowest BCUT2D eigenvalue weighted by Gasteiger charge is -2.15. The van der Waals surface area contributed by atoms with Crippen molar-refractivity contribution in [2.24, 2.45) is 5.92 Å². The summed E-state index contributed by atoms with van der Waals surface area (Å²) >= 11 is 0. The normalized spacial score (nSPS) is 18.3. The third-order valence-corrected chi connectivity index (χ3v) is 8.30. The first kappa shape index (κ1) is 24.0. The zero-order valence-electron chi connectivity index (χ0n) is 20.7. The molecular formula is C29H33NO4S. The van der Waals surface area contributed by atoms with E-state index in [0.717, 1.165) is 28.5 Å². The second kappa shape index (κ2) is 9.75. The van der Waals surface area contributed by atoms with Crippen LogP contribution in [0.3, 0.4) is 0 Å². The zero-order chi connectivity index (χ0) is 24.6. The molecule has 0 bridgehead atoms. The number of hydrogen-bond acceptors (Lipinski definition) is 5. The van der Waals surface area contributed by atoms with E-state index in [2.05, 4.69) is 48.3 Å². The van der Waals surface area contributed by atoms with E-state index in [9.17, 15) is 8.42 Å². The van der Waals surface area contributed by atoms with Crippen LogP contribution in [0.25, 0.3) is 11.1 Å². The quantitative estimate of drug-likeness (QED) is 0.348. The molecule has 2 aliphatic carbocycles. The molecule has 6 heteroatoms. The topological polar surface area (TPSA) is 65.5 Å². The molecule has 2 aliphatic rings. The monoisotopic (exact) mass is 491 g/mol. The van der Waals surface area contributed by atoms with E-state index >= 15 is 0 Å². The van der Waals surface area contributed by atoms with Crippen molar-refractivity contribution in [3.05, 3.63) is 82.0 Å². The van der Waals surface area contributed by atoms with Gasteiger partial charge in [0.15, 0.2) is 0 Å². The van der Waals surface area contributed by atoms with Crippen LogP contribution in [-0.2, 0) is 34.2 Å².